The highest BCUT2D eigenvalue weighted by molar-refractivity contribution is 6.28. The largest absolute Gasteiger partial charge is 0.341 e. The first-order valence-electron chi connectivity index (χ1n) is 6.86. The Morgan fingerprint density at radius 1 is 1.10 bits per heavy atom. The molecule has 3 heterocycles. The van der Waals surface area contributed by atoms with Gasteiger partial charge in [0.2, 0.25) is 11.2 Å². The van der Waals surface area contributed by atoms with E-state index in [1.807, 2.05) is 12.3 Å². The van der Waals surface area contributed by atoms with Crippen molar-refractivity contribution >= 4 is 17.5 Å². The number of nitrogens with zero attached hydrogens (tertiary/aromatic N) is 6. The first kappa shape index (κ1) is 13.3. The zero-order valence-corrected chi connectivity index (χ0v) is 12.4. The smallest absolute Gasteiger partial charge is 0.256 e. The van der Waals surface area contributed by atoms with Crippen LogP contribution < -0.4 is 4.90 Å². The second-order valence-corrected chi connectivity index (χ2v) is 5.58. The maximum absolute atomic E-state index is 6.02. The molecule has 1 aliphatic rings. The molecule has 3 rings (SSSR count). The third kappa shape index (κ3) is 2.60. The summed E-state index contributed by atoms with van der Waals surface area (Å²) in [4.78, 5) is 15.0. The second-order valence-electron chi connectivity index (χ2n) is 5.24. The minimum absolute atomic E-state index is 0.207. The summed E-state index contributed by atoms with van der Waals surface area (Å²) in [6.07, 6.45) is 4.19. The Morgan fingerprint density at radius 2 is 1.80 bits per heavy atom. The lowest BCUT2D eigenvalue weighted by Gasteiger charge is -2.15. The summed E-state index contributed by atoms with van der Waals surface area (Å²) < 4.78 is 1.66. The average Bonchev–Trinajstić information content (AvgIpc) is 3.10. The standard InChI is InChI=1S/C13H17ClN6/c1-9(2)10-5-8-20(18-10)13-16-11(14)15-12(17-13)19-6-3-4-7-19/h5,8-9H,3-4,6-7H2,1-2H3. The Hall–Kier alpha value is -1.69. The molecule has 0 atom stereocenters. The topological polar surface area (TPSA) is 59.7 Å². The van der Waals surface area contributed by atoms with Crippen molar-refractivity contribution in [1.82, 2.24) is 24.7 Å². The lowest BCUT2D eigenvalue weighted by molar-refractivity contribution is 0.732. The van der Waals surface area contributed by atoms with E-state index in [4.69, 9.17) is 11.6 Å². The predicted molar refractivity (Wildman–Crippen MR) is 77.5 cm³/mol. The van der Waals surface area contributed by atoms with Gasteiger partial charge in [-0.15, -0.1) is 0 Å². The maximum atomic E-state index is 6.02. The number of rotatable bonds is 3. The fourth-order valence-corrected chi connectivity index (χ4v) is 2.40. The fourth-order valence-electron chi connectivity index (χ4n) is 2.25. The summed E-state index contributed by atoms with van der Waals surface area (Å²) in [5, 5.41) is 4.68. The molecule has 20 heavy (non-hydrogen) atoms. The summed E-state index contributed by atoms with van der Waals surface area (Å²) in [5.41, 5.74) is 1.00. The monoisotopic (exact) mass is 292 g/mol. The number of halogens is 1. The summed E-state index contributed by atoms with van der Waals surface area (Å²) in [6, 6.07) is 1.97. The van der Waals surface area contributed by atoms with Crippen molar-refractivity contribution < 1.29 is 0 Å². The van der Waals surface area contributed by atoms with Gasteiger partial charge in [0.25, 0.3) is 5.95 Å². The van der Waals surface area contributed by atoms with Crippen molar-refractivity contribution in [3.8, 4) is 5.95 Å². The lowest BCUT2D eigenvalue weighted by Crippen LogP contribution is -2.22. The van der Waals surface area contributed by atoms with E-state index in [2.05, 4.69) is 38.8 Å². The van der Waals surface area contributed by atoms with Crippen molar-refractivity contribution in [2.75, 3.05) is 18.0 Å². The number of aromatic nitrogens is 5. The molecule has 106 valence electrons. The number of hydrogen-bond donors (Lipinski definition) is 0. The highest BCUT2D eigenvalue weighted by atomic mass is 35.5. The number of hydrogen-bond acceptors (Lipinski definition) is 5. The van der Waals surface area contributed by atoms with Gasteiger partial charge < -0.3 is 4.90 Å². The zero-order valence-electron chi connectivity index (χ0n) is 11.6. The first-order chi connectivity index (χ1) is 9.63. The van der Waals surface area contributed by atoms with Crippen LogP contribution in [0.15, 0.2) is 12.3 Å². The van der Waals surface area contributed by atoms with Crippen molar-refractivity contribution in [2.24, 2.45) is 0 Å². The van der Waals surface area contributed by atoms with E-state index in [1.165, 1.54) is 0 Å². The average molecular weight is 293 g/mol. The van der Waals surface area contributed by atoms with E-state index in [1.54, 1.807) is 4.68 Å². The molecule has 0 aliphatic carbocycles. The first-order valence-corrected chi connectivity index (χ1v) is 7.24. The van der Waals surface area contributed by atoms with E-state index in [-0.39, 0.29) is 5.28 Å². The molecule has 0 unspecified atom stereocenters. The fraction of sp³-hybridized carbons (Fsp3) is 0.538. The molecule has 1 saturated heterocycles. The number of anilines is 1. The highest BCUT2D eigenvalue weighted by Gasteiger charge is 2.18. The van der Waals surface area contributed by atoms with E-state index < -0.39 is 0 Å². The normalized spacial score (nSPS) is 15.3. The third-order valence-electron chi connectivity index (χ3n) is 3.38. The van der Waals surface area contributed by atoms with E-state index in [9.17, 15) is 0 Å². The van der Waals surface area contributed by atoms with Gasteiger partial charge in [0.1, 0.15) is 0 Å². The van der Waals surface area contributed by atoms with Gasteiger partial charge in [0, 0.05) is 19.3 Å². The molecule has 2 aromatic heterocycles. The molecule has 2 aromatic rings. The highest BCUT2D eigenvalue weighted by Crippen LogP contribution is 2.19. The van der Waals surface area contributed by atoms with Crippen LogP contribution in [0.5, 0.6) is 0 Å². The van der Waals surface area contributed by atoms with E-state index in [0.717, 1.165) is 31.6 Å². The van der Waals surface area contributed by atoms with Gasteiger partial charge in [-0.1, -0.05) is 13.8 Å². The Labute approximate surface area is 122 Å². The Balaban J connectivity index is 1.95. The molecule has 0 spiro atoms. The molecule has 0 amide bonds. The quantitative estimate of drug-likeness (QED) is 0.869. The van der Waals surface area contributed by atoms with Crippen LogP contribution in [0.4, 0.5) is 5.95 Å². The Kier molecular flexibility index (Phi) is 3.56. The van der Waals surface area contributed by atoms with E-state index >= 15 is 0 Å². The summed E-state index contributed by atoms with van der Waals surface area (Å²) in [5.74, 6) is 1.48. The van der Waals surface area contributed by atoms with Crippen LogP contribution in [-0.4, -0.2) is 37.8 Å². The van der Waals surface area contributed by atoms with Gasteiger partial charge in [0.15, 0.2) is 0 Å². The molecule has 1 fully saturated rings. The molecule has 0 saturated carbocycles. The van der Waals surface area contributed by atoms with Gasteiger partial charge >= 0.3 is 0 Å². The maximum Gasteiger partial charge on any atom is 0.256 e. The van der Waals surface area contributed by atoms with Crippen molar-refractivity contribution in [1.29, 1.82) is 0 Å². The minimum atomic E-state index is 0.207. The van der Waals surface area contributed by atoms with Crippen LogP contribution in [0.1, 0.15) is 38.3 Å². The summed E-state index contributed by atoms with van der Waals surface area (Å²) >= 11 is 6.02. The Morgan fingerprint density at radius 3 is 2.45 bits per heavy atom. The molecule has 7 heteroatoms. The van der Waals surface area contributed by atoms with Gasteiger partial charge in [-0.3, -0.25) is 0 Å². The minimum Gasteiger partial charge on any atom is -0.341 e. The van der Waals surface area contributed by atoms with Gasteiger partial charge in [0.05, 0.1) is 5.69 Å². The van der Waals surface area contributed by atoms with Crippen LogP contribution >= 0.6 is 11.6 Å². The van der Waals surface area contributed by atoms with Crippen LogP contribution in [0.2, 0.25) is 5.28 Å². The van der Waals surface area contributed by atoms with Crippen molar-refractivity contribution in [2.45, 2.75) is 32.6 Å². The lowest BCUT2D eigenvalue weighted by atomic mass is 10.1. The summed E-state index contributed by atoms with van der Waals surface area (Å²) in [7, 11) is 0. The predicted octanol–water partition coefficient (Wildman–Crippen LogP) is 2.43. The zero-order chi connectivity index (χ0) is 14.1. The van der Waals surface area contributed by atoms with E-state index in [0.29, 0.717) is 17.8 Å². The molecule has 0 radical (unpaired) electrons. The molecular weight excluding hydrogens is 276 g/mol. The molecule has 0 aromatic carbocycles. The van der Waals surface area contributed by atoms with Crippen LogP contribution in [0, 0.1) is 0 Å². The van der Waals surface area contributed by atoms with Gasteiger partial charge in [-0.25, -0.2) is 4.68 Å². The van der Waals surface area contributed by atoms with Crippen LogP contribution in [0.25, 0.3) is 5.95 Å². The van der Waals surface area contributed by atoms with Crippen molar-refractivity contribution in [3.63, 3.8) is 0 Å². The second kappa shape index (κ2) is 5.36. The molecule has 0 bridgehead atoms. The molecule has 6 nitrogen and oxygen atoms in total. The SMILES string of the molecule is CC(C)c1ccn(-c2nc(Cl)nc(N3CCCC3)n2)n1. The van der Waals surface area contributed by atoms with Gasteiger partial charge in [-0.2, -0.15) is 20.1 Å². The summed E-state index contributed by atoms with van der Waals surface area (Å²) in [6.45, 7) is 6.14. The molecule has 1 aliphatic heterocycles. The van der Waals surface area contributed by atoms with Crippen molar-refractivity contribution in [3.05, 3.63) is 23.2 Å². The van der Waals surface area contributed by atoms with Crippen LogP contribution in [-0.2, 0) is 0 Å². The molecular formula is C13H17ClN6. The molecule has 0 N–H and O–H groups in total. The van der Waals surface area contributed by atoms with Crippen LogP contribution in [0.3, 0.4) is 0 Å². The Bertz CT molecular complexity index is 603. The van der Waals surface area contributed by atoms with Gasteiger partial charge in [-0.05, 0) is 36.4 Å². The third-order valence-corrected chi connectivity index (χ3v) is 3.55.